The van der Waals surface area contributed by atoms with Crippen LogP contribution in [-0.4, -0.2) is 0 Å². The van der Waals surface area contributed by atoms with Crippen molar-refractivity contribution in [3.8, 4) is 0 Å². The molecule has 0 N–H and O–H groups in total. The van der Waals surface area contributed by atoms with E-state index in [1.54, 1.807) is 0 Å². The first-order valence-corrected chi connectivity index (χ1v) is 4.70. The minimum atomic E-state index is -1.40. The van der Waals surface area contributed by atoms with Crippen LogP contribution in [0.3, 0.4) is 0 Å². The third kappa shape index (κ3) is 1.84. The molecule has 0 aliphatic rings. The smallest absolute Gasteiger partial charge is 0.169 e. The Labute approximate surface area is 91.6 Å². The highest BCUT2D eigenvalue weighted by molar-refractivity contribution is 5.51. The van der Waals surface area contributed by atoms with E-state index in [0.29, 0.717) is 0 Å². The number of rotatable bonds is 1. The normalized spacial score (nSPS) is 11.7. The Balaban J connectivity index is 3.74. The minimum Gasteiger partial charge on any atom is -0.203 e. The Hall–Kier alpha value is -1.32. The van der Waals surface area contributed by atoms with Gasteiger partial charge in [0.05, 0.1) is 5.56 Å². The first kappa shape index (κ1) is 12.7. The molecule has 0 aliphatic heterocycles. The van der Waals surface area contributed by atoms with Crippen LogP contribution in [0.5, 0.6) is 0 Å². The molecule has 0 radical (unpaired) electrons. The van der Waals surface area contributed by atoms with Crippen molar-refractivity contribution in [2.45, 2.75) is 26.2 Å². The molecule has 0 aliphatic carbocycles. The van der Waals surface area contributed by atoms with E-state index in [2.05, 4.69) is 6.58 Å². The maximum atomic E-state index is 13.6. The van der Waals surface area contributed by atoms with Gasteiger partial charge in [0.2, 0.25) is 0 Å². The van der Waals surface area contributed by atoms with Gasteiger partial charge < -0.3 is 0 Å². The van der Waals surface area contributed by atoms with E-state index in [9.17, 15) is 17.6 Å². The molecule has 0 atom stereocenters. The molecule has 0 aromatic heterocycles. The molecule has 0 heterocycles. The monoisotopic (exact) mass is 232 g/mol. The predicted octanol–water partition coefficient (Wildman–Crippen LogP) is 4.18. The number of hydrogen-bond donors (Lipinski definition) is 0. The van der Waals surface area contributed by atoms with E-state index >= 15 is 0 Å². The van der Waals surface area contributed by atoms with Crippen LogP contribution in [0.1, 0.15) is 31.9 Å². The molecule has 0 saturated heterocycles. The second-order valence-corrected chi connectivity index (χ2v) is 4.50. The summed E-state index contributed by atoms with van der Waals surface area (Å²) in [6.45, 7) is 7.53. The summed E-state index contributed by atoms with van der Waals surface area (Å²) in [7, 11) is 0. The lowest BCUT2D eigenvalue weighted by atomic mass is 9.85. The number of hydrogen-bond acceptors (Lipinski definition) is 0. The maximum Gasteiger partial charge on any atom is 0.169 e. The first-order chi connectivity index (χ1) is 7.21. The lowest BCUT2D eigenvalue weighted by Gasteiger charge is -2.21. The van der Waals surface area contributed by atoms with Crippen molar-refractivity contribution in [1.82, 2.24) is 0 Å². The molecular weight excluding hydrogens is 220 g/mol. The van der Waals surface area contributed by atoms with Gasteiger partial charge in [-0.05, 0) is 5.41 Å². The summed E-state index contributed by atoms with van der Waals surface area (Å²) in [5.74, 6) is -5.53. The van der Waals surface area contributed by atoms with E-state index < -0.39 is 39.8 Å². The number of halogens is 4. The van der Waals surface area contributed by atoms with Crippen LogP contribution in [0.25, 0.3) is 6.08 Å². The fourth-order valence-electron chi connectivity index (χ4n) is 1.49. The lowest BCUT2D eigenvalue weighted by Crippen LogP contribution is -2.19. The molecular formula is C12H12F4. The zero-order chi connectivity index (χ0) is 12.7. The van der Waals surface area contributed by atoms with Crippen molar-refractivity contribution in [2.75, 3.05) is 0 Å². The van der Waals surface area contributed by atoms with Crippen molar-refractivity contribution in [3.05, 3.63) is 41.0 Å². The largest absolute Gasteiger partial charge is 0.203 e. The van der Waals surface area contributed by atoms with Crippen molar-refractivity contribution in [1.29, 1.82) is 0 Å². The van der Waals surface area contributed by atoms with Crippen LogP contribution in [0.2, 0.25) is 0 Å². The quantitative estimate of drug-likeness (QED) is 0.503. The van der Waals surface area contributed by atoms with Crippen LogP contribution >= 0.6 is 0 Å². The van der Waals surface area contributed by atoms with Crippen molar-refractivity contribution >= 4 is 6.08 Å². The minimum absolute atomic E-state index is 0.590. The Morgan fingerprint density at radius 2 is 1.25 bits per heavy atom. The van der Waals surface area contributed by atoms with E-state index in [-0.39, 0.29) is 0 Å². The summed E-state index contributed by atoms with van der Waals surface area (Å²) >= 11 is 0. The van der Waals surface area contributed by atoms with Crippen molar-refractivity contribution in [2.24, 2.45) is 0 Å². The highest BCUT2D eigenvalue weighted by atomic mass is 19.2. The molecule has 88 valence electrons. The molecule has 0 bridgehead atoms. The van der Waals surface area contributed by atoms with E-state index in [0.717, 1.165) is 6.08 Å². The van der Waals surface area contributed by atoms with Crippen LogP contribution in [0.4, 0.5) is 17.6 Å². The van der Waals surface area contributed by atoms with Gasteiger partial charge in [0.25, 0.3) is 0 Å². The van der Waals surface area contributed by atoms with Crippen LogP contribution in [0.15, 0.2) is 6.58 Å². The molecule has 0 spiro atoms. The topological polar surface area (TPSA) is 0 Å². The lowest BCUT2D eigenvalue weighted by molar-refractivity contribution is 0.402. The molecule has 0 unspecified atom stereocenters. The summed E-state index contributed by atoms with van der Waals surface area (Å²) in [6, 6.07) is 0. The summed E-state index contributed by atoms with van der Waals surface area (Å²) in [5.41, 5.74) is -2.38. The maximum absolute atomic E-state index is 13.6. The molecule has 4 heteroatoms. The van der Waals surface area contributed by atoms with Gasteiger partial charge >= 0.3 is 0 Å². The predicted molar refractivity (Wildman–Crippen MR) is 55.1 cm³/mol. The van der Waals surface area contributed by atoms with Crippen molar-refractivity contribution in [3.63, 3.8) is 0 Å². The Morgan fingerprint density at radius 1 is 0.875 bits per heavy atom. The fourth-order valence-corrected chi connectivity index (χ4v) is 1.49. The highest BCUT2D eigenvalue weighted by Crippen LogP contribution is 2.33. The van der Waals surface area contributed by atoms with Crippen LogP contribution in [0, 0.1) is 23.3 Å². The third-order valence-electron chi connectivity index (χ3n) is 2.25. The zero-order valence-corrected chi connectivity index (χ0v) is 9.30. The molecule has 0 amide bonds. The van der Waals surface area contributed by atoms with Gasteiger partial charge in [0.1, 0.15) is 0 Å². The molecule has 0 saturated carbocycles. The molecule has 0 fully saturated rings. The molecule has 0 nitrogen and oxygen atoms in total. The summed E-state index contributed by atoms with van der Waals surface area (Å²) < 4.78 is 53.9. The summed E-state index contributed by atoms with van der Waals surface area (Å²) in [4.78, 5) is 0. The molecule has 1 aromatic rings. The Bertz CT molecular complexity index is 412. The van der Waals surface area contributed by atoms with Crippen molar-refractivity contribution < 1.29 is 17.6 Å². The summed E-state index contributed by atoms with van der Waals surface area (Å²) in [6.07, 6.45) is 0.753. The van der Waals surface area contributed by atoms with Crippen LogP contribution in [-0.2, 0) is 5.41 Å². The van der Waals surface area contributed by atoms with Gasteiger partial charge in [0.15, 0.2) is 23.3 Å². The second kappa shape index (κ2) is 3.92. The second-order valence-electron chi connectivity index (χ2n) is 4.50. The average Bonchev–Trinajstić information content (AvgIpc) is 2.14. The van der Waals surface area contributed by atoms with Gasteiger partial charge in [-0.3, -0.25) is 0 Å². The molecule has 1 rings (SSSR count). The molecule has 16 heavy (non-hydrogen) atoms. The van der Waals surface area contributed by atoms with Crippen LogP contribution < -0.4 is 0 Å². The van der Waals surface area contributed by atoms with Gasteiger partial charge in [-0.15, -0.1) is 0 Å². The van der Waals surface area contributed by atoms with Gasteiger partial charge in [-0.25, -0.2) is 17.6 Å². The van der Waals surface area contributed by atoms with Gasteiger partial charge in [0, 0.05) is 5.56 Å². The van der Waals surface area contributed by atoms with Gasteiger partial charge in [-0.1, -0.05) is 33.4 Å². The third-order valence-corrected chi connectivity index (χ3v) is 2.25. The zero-order valence-electron chi connectivity index (χ0n) is 9.30. The van der Waals surface area contributed by atoms with E-state index in [1.165, 1.54) is 20.8 Å². The summed E-state index contributed by atoms with van der Waals surface area (Å²) in [5, 5.41) is 0. The van der Waals surface area contributed by atoms with Gasteiger partial charge in [-0.2, -0.15) is 0 Å². The number of benzene rings is 1. The van der Waals surface area contributed by atoms with E-state index in [4.69, 9.17) is 0 Å². The van der Waals surface area contributed by atoms with E-state index in [1.807, 2.05) is 0 Å². The molecule has 1 aromatic carbocycles. The Morgan fingerprint density at radius 3 is 1.50 bits per heavy atom. The Kier molecular flexibility index (Phi) is 3.13. The fraction of sp³-hybridized carbons (Fsp3) is 0.333. The standard InChI is InChI=1S/C12H12F4/c1-5-6-8(13)10(15)7(12(2,3)4)11(16)9(6)14/h5H,1H2,2-4H3. The average molecular weight is 232 g/mol. The first-order valence-electron chi connectivity index (χ1n) is 4.70. The SMILES string of the molecule is C=Cc1c(F)c(F)c(C(C)(C)C)c(F)c1F. The highest BCUT2D eigenvalue weighted by Gasteiger charge is 2.30.